The summed E-state index contributed by atoms with van der Waals surface area (Å²) in [5.41, 5.74) is 2.41. The fourth-order valence-corrected chi connectivity index (χ4v) is 2.25. The lowest BCUT2D eigenvalue weighted by Gasteiger charge is -2.00. The first kappa shape index (κ1) is 11.5. The Morgan fingerprint density at radius 1 is 1.00 bits per heavy atom. The third kappa shape index (κ3) is 2.10. The molecule has 19 heavy (non-hydrogen) atoms. The summed E-state index contributed by atoms with van der Waals surface area (Å²) in [6.45, 7) is 0. The van der Waals surface area contributed by atoms with Crippen LogP contribution in [0.3, 0.4) is 0 Å². The summed E-state index contributed by atoms with van der Waals surface area (Å²) in [5, 5.41) is 10.1. The Labute approximate surface area is 110 Å². The van der Waals surface area contributed by atoms with Gasteiger partial charge in [0.2, 0.25) is 5.76 Å². The Bertz CT molecular complexity index is 726. The third-order valence-corrected chi connectivity index (χ3v) is 3.12. The summed E-state index contributed by atoms with van der Waals surface area (Å²) < 4.78 is 5.43. The number of aromatic carboxylic acids is 1. The molecule has 0 aliphatic carbocycles. The zero-order chi connectivity index (χ0) is 13.2. The first-order valence-electron chi connectivity index (χ1n) is 6.03. The maximum atomic E-state index is 11.3. The highest BCUT2D eigenvalue weighted by atomic mass is 16.4. The fraction of sp³-hybridized carbons (Fsp3) is 0.0625. The van der Waals surface area contributed by atoms with E-state index in [1.807, 2.05) is 48.5 Å². The van der Waals surface area contributed by atoms with Crippen molar-refractivity contribution in [3.63, 3.8) is 0 Å². The van der Waals surface area contributed by atoms with E-state index in [-0.39, 0.29) is 5.76 Å². The summed E-state index contributed by atoms with van der Waals surface area (Å²) in [6.07, 6.45) is 0.555. The van der Waals surface area contributed by atoms with Crippen molar-refractivity contribution >= 4 is 16.9 Å². The predicted octanol–water partition coefficient (Wildman–Crippen LogP) is 3.72. The zero-order valence-corrected chi connectivity index (χ0v) is 10.2. The molecular formula is C16H12O3. The van der Waals surface area contributed by atoms with Crippen LogP contribution in [0.1, 0.15) is 21.7 Å². The number of fused-ring (bicyclic) bond motifs is 1. The van der Waals surface area contributed by atoms with Crippen LogP contribution in [-0.4, -0.2) is 11.1 Å². The quantitative estimate of drug-likeness (QED) is 0.772. The molecule has 0 amide bonds. The largest absolute Gasteiger partial charge is 0.475 e. The molecule has 0 aliphatic heterocycles. The van der Waals surface area contributed by atoms with Crippen LogP contribution in [-0.2, 0) is 6.42 Å². The van der Waals surface area contributed by atoms with Gasteiger partial charge in [0.15, 0.2) is 0 Å². The minimum atomic E-state index is -1.03. The molecule has 0 aliphatic rings. The van der Waals surface area contributed by atoms with E-state index in [1.165, 1.54) is 0 Å². The second kappa shape index (κ2) is 4.61. The van der Waals surface area contributed by atoms with Crippen LogP contribution in [0.15, 0.2) is 59.0 Å². The molecule has 0 saturated heterocycles. The molecule has 3 aromatic rings. The Balaban J connectivity index is 2.15. The van der Waals surface area contributed by atoms with Crippen molar-refractivity contribution < 1.29 is 14.3 Å². The van der Waals surface area contributed by atoms with Crippen LogP contribution < -0.4 is 0 Å². The molecule has 1 aromatic heterocycles. The van der Waals surface area contributed by atoms with Gasteiger partial charge in [-0.3, -0.25) is 0 Å². The Morgan fingerprint density at radius 2 is 1.68 bits per heavy atom. The van der Waals surface area contributed by atoms with Crippen LogP contribution in [0, 0.1) is 0 Å². The molecule has 0 bridgehead atoms. The molecule has 3 nitrogen and oxygen atoms in total. The van der Waals surface area contributed by atoms with E-state index in [1.54, 1.807) is 6.07 Å². The molecule has 0 fully saturated rings. The number of carbonyl (C=O) groups is 1. The Kier molecular flexibility index (Phi) is 2.80. The van der Waals surface area contributed by atoms with E-state index in [2.05, 4.69) is 0 Å². The topological polar surface area (TPSA) is 50.4 Å². The molecular weight excluding hydrogens is 240 g/mol. The van der Waals surface area contributed by atoms with Gasteiger partial charge in [-0.2, -0.15) is 0 Å². The minimum absolute atomic E-state index is 0.0325. The van der Waals surface area contributed by atoms with Gasteiger partial charge in [0.05, 0.1) is 0 Å². The SMILES string of the molecule is O=C(O)c1oc2ccccc2c1Cc1ccccc1. The summed E-state index contributed by atoms with van der Waals surface area (Å²) in [4.78, 5) is 11.3. The van der Waals surface area contributed by atoms with Crippen molar-refractivity contribution in [2.45, 2.75) is 6.42 Å². The van der Waals surface area contributed by atoms with Crippen molar-refractivity contribution in [3.8, 4) is 0 Å². The molecule has 0 spiro atoms. The van der Waals surface area contributed by atoms with Gasteiger partial charge in [-0.25, -0.2) is 4.79 Å². The number of carboxylic acids is 1. The molecule has 2 aromatic carbocycles. The molecule has 3 rings (SSSR count). The number of benzene rings is 2. The van der Waals surface area contributed by atoms with Crippen molar-refractivity contribution in [1.29, 1.82) is 0 Å². The second-order valence-electron chi connectivity index (χ2n) is 4.37. The molecule has 0 radical (unpaired) electrons. The van der Waals surface area contributed by atoms with Crippen molar-refractivity contribution in [3.05, 3.63) is 71.5 Å². The number of carboxylic acid groups (broad SMARTS) is 1. The smallest absolute Gasteiger partial charge is 0.372 e. The van der Waals surface area contributed by atoms with Crippen LogP contribution in [0.4, 0.5) is 0 Å². The van der Waals surface area contributed by atoms with Gasteiger partial charge in [0, 0.05) is 17.4 Å². The van der Waals surface area contributed by atoms with Gasteiger partial charge in [-0.1, -0.05) is 48.5 Å². The van der Waals surface area contributed by atoms with Crippen molar-refractivity contribution in [2.75, 3.05) is 0 Å². The molecule has 1 heterocycles. The number of hydrogen-bond donors (Lipinski definition) is 1. The highest BCUT2D eigenvalue weighted by Gasteiger charge is 2.19. The average Bonchev–Trinajstić information content (AvgIpc) is 2.79. The van der Waals surface area contributed by atoms with Gasteiger partial charge >= 0.3 is 5.97 Å². The maximum absolute atomic E-state index is 11.3. The van der Waals surface area contributed by atoms with Gasteiger partial charge in [-0.05, 0) is 11.6 Å². The number of furan rings is 1. The summed E-state index contributed by atoms with van der Waals surface area (Å²) in [6, 6.07) is 17.2. The molecule has 0 unspecified atom stereocenters. The fourth-order valence-electron chi connectivity index (χ4n) is 2.25. The molecule has 0 saturated carbocycles. The van der Waals surface area contributed by atoms with Crippen LogP contribution >= 0.6 is 0 Å². The predicted molar refractivity (Wildman–Crippen MR) is 72.4 cm³/mol. The molecule has 94 valence electrons. The molecule has 0 atom stereocenters. The van der Waals surface area contributed by atoms with E-state index in [0.29, 0.717) is 12.0 Å². The number of para-hydroxylation sites is 1. The Hall–Kier alpha value is -2.55. The normalized spacial score (nSPS) is 10.7. The molecule has 3 heteroatoms. The van der Waals surface area contributed by atoms with Crippen LogP contribution in [0.25, 0.3) is 11.0 Å². The first-order chi connectivity index (χ1) is 9.25. The standard InChI is InChI=1S/C16H12O3/c17-16(18)15-13(10-11-6-2-1-3-7-11)12-8-4-5-9-14(12)19-15/h1-9H,10H2,(H,17,18). The summed E-state index contributed by atoms with van der Waals surface area (Å²) in [7, 11) is 0. The second-order valence-corrected chi connectivity index (χ2v) is 4.37. The van der Waals surface area contributed by atoms with E-state index >= 15 is 0 Å². The first-order valence-corrected chi connectivity index (χ1v) is 6.03. The van der Waals surface area contributed by atoms with Crippen molar-refractivity contribution in [2.24, 2.45) is 0 Å². The van der Waals surface area contributed by atoms with Crippen molar-refractivity contribution in [1.82, 2.24) is 0 Å². The van der Waals surface area contributed by atoms with Crippen LogP contribution in [0.5, 0.6) is 0 Å². The summed E-state index contributed by atoms with van der Waals surface area (Å²) >= 11 is 0. The Morgan fingerprint density at radius 3 is 2.42 bits per heavy atom. The van der Waals surface area contributed by atoms with Gasteiger partial charge < -0.3 is 9.52 Å². The van der Waals surface area contributed by atoms with E-state index < -0.39 is 5.97 Å². The third-order valence-electron chi connectivity index (χ3n) is 3.12. The van der Waals surface area contributed by atoms with Gasteiger partial charge in [0.25, 0.3) is 0 Å². The van der Waals surface area contributed by atoms with Crippen LogP contribution in [0.2, 0.25) is 0 Å². The van der Waals surface area contributed by atoms with E-state index in [9.17, 15) is 9.90 Å². The highest BCUT2D eigenvalue weighted by Crippen LogP contribution is 2.28. The summed E-state index contributed by atoms with van der Waals surface area (Å²) in [5.74, 6) is -0.993. The number of rotatable bonds is 3. The highest BCUT2D eigenvalue weighted by molar-refractivity contribution is 5.95. The lowest BCUT2D eigenvalue weighted by molar-refractivity contribution is 0.0663. The lowest BCUT2D eigenvalue weighted by Crippen LogP contribution is -1.99. The molecule has 1 N–H and O–H groups in total. The van der Waals surface area contributed by atoms with Gasteiger partial charge in [0.1, 0.15) is 5.58 Å². The zero-order valence-electron chi connectivity index (χ0n) is 10.2. The monoisotopic (exact) mass is 252 g/mol. The van der Waals surface area contributed by atoms with E-state index in [4.69, 9.17) is 4.42 Å². The number of hydrogen-bond acceptors (Lipinski definition) is 2. The van der Waals surface area contributed by atoms with Gasteiger partial charge in [-0.15, -0.1) is 0 Å². The average molecular weight is 252 g/mol. The van der Waals surface area contributed by atoms with E-state index in [0.717, 1.165) is 16.5 Å². The lowest BCUT2D eigenvalue weighted by atomic mass is 10.0. The maximum Gasteiger partial charge on any atom is 0.372 e. The minimum Gasteiger partial charge on any atom is -0.475 e.